The maximum Gasteiger partial charge on any atom is 0.343 e. The SMILES string of the molecule is Cc1cc(-n2nc3ccc(Cl)cc3n2)c(OC(=O)c2cccc(C(=O)Oc3c(-n4nc5ccc(Cl)cc5n4)cc(C)cc3C(C)(C)C)c2)c(C(C)(C)C)c1. The van der Waals surface area contributed by atoms with Crippen LogP contribution >= 0.6 is 23.2 Å². The van der Waals surface area contributed by atoms with Gasteiger partial charge in [0.1, 0.15) is 33.4 Å². The number of aromatic nitrogens is 6. The first-order valence-electron chi connectivity index (χ1n) is 17.4. The quantitative estimate of drug-likeness (QED) is 0.122. The molecule has 274 valence electrons. The van der Waals surface area contributed by atoms with Crippen molar-refractivity contribution in [1.82, 2.24) is 30.0 Å². The zero-order chi connectivity index (χ0) is 38.7. The average Bonchev–Trinajstić information content (AvgIpc) is 3.72. The summed E-state index contributed by atoms with van der Waals surface area (Å²) in [5, 5.41) is 19.7. The standard InChI is InChI=1S/C42H38Cl2N6O4/c1-23-16-29(41(3,4)5)37(35(18-23)49-45-31-14-12-27(43)21-33(31)47-49)53-39(51)25-10-9-11-26(20-25)40(52)54-38-30(42(6,7)8)17-24(2)19-36(38)50-46-32-15-13-28(44)22-34(32)48-50/h9-22H,1-8H3. The van der Waals surface area contributed by atoms with E-state index in [1.165, 1.54) is 15.7 Å². The van der Waals surface area contributed by atoms with Gasteiger partial charge in [-0.25, -0.2) is 9.59 Å². The molecule has 54 heavy (non-hydrogen) atoms. The van der Waals surface area contributed by atoms with Crippen LogP contribution in [0.1, 0.15) is 84.5 Å². The van der Waals surface area contributed by atoms with E-state index in [-0.39, 0.29) is 11.1 Å². The van der Waals surface area contributed by atoms with Gasteiger partial charge >= 0.3 is 11.9 Å². The molecule has 0 aliphatic carbocycles. The van der Waals surface area contributed by atoms with Gasteiger partial charge in [0, 0.05) is 21.2 Å². The summed E-state index contributed by atoms with van der Waals surface area (Å²) in [6, 6.07) is 24.5. The van der Waals surface area contributed by atoms with E-state index >= 15 is 0 Å². The zero-order valence-corrected chi connectivity index (χ0v) is 32.7. The largest absolute Gasteiger partial charge is 0.420 e. The second-order valence-electron chi connectivity index (χ2n) is 15.4. The number of ether oxygens (including phenoxy) is 2. The van der Waals surface area contributed by atoms with E-state index in [0.717, 1.165) is 22.3 Å². The van der Waals surface area contributed by atoms with Gasteiger partial charge in [-0.15, -0.1) is 30.0 Å². The van der Waals surface area contributed by atoms with Crippen LogP contribution in [-0.2, 0) is 10.8 Å². The summed E-state index contributed by atoms with van der Waals surface area (Å²) in [5.74, 6) is -0.732. The van der Waals surface area contributed by atoms with Crippen molar-refractivity contribution in [2.24, 2.45) is 0 Å². The van der Waals surface area contributed by atoms with Crippen LogP contribution in [0.2, 0.25) is 10.0 Å². The number of carbonyl (C=O) groups is 2. The van der Waals surface area contributed by atoms with Crippen molar-refractivity contribution in [2.45, 2.75) is 66.2 Å². The van der Waals surface area contributed by atoms with E-state index in [0.29, 0.717) is 55.0 Å². The lowest BCUT2D eigenvalue weighted by atomic mass is 9.85. The van der Waals surface area contributed by atoms with E-state index in [4.69, 9.17) is 32.7 Å². The van der Waals surface area contributed by atoms with Crippen molar-refractivity contribution in [3.05, 3.63) is 128 Å². The first-order chi connectivity index (χ1) is 25.4. The number of benzene rings is 5. The summed E-state index contributed by atoms with van der Waals surface area (Å²) >= 11 is 12.5. The first kappa shape index (κ1) is 36.8. The highest BCUT2D eigenvalue weighted by molar-refractivity contribution is 6.31. The molecule has 10 nitrogen and oxygen atoms in total. The fourth-order valence-corrected chi connectivity index (χ4v) is 6.53. The van der Waals surface area contributed by atoms with Crippen LogP contribution < -0.4 is 9.47 Å². The molecule has 2 heterocycles. The van der Waals surface area contributed by atoms with Crippen molar-refractivity contribution in [3.8, 4) is 22.9 Å². The lowest BCUT2D eigenvalue weighted by Gasteiger charge is -2.25. The van der Waals surface area contributed by atoms with Crippen molar-refractivity contribution >= 4 is 57.2 Å². The fourth-order valence-electron chi connectivity index (χ4n) is 6.20. The van der Waals surface area contributed by atoms with Crippen LogP contribution in [0.4, 0.5) is 0 Å². The minimum atomic E-state index is -0.669. The van der Waals surface area contributed by atoms with Gasteiger partial charge in [-0.3, -0.25) is 0 Å². The number of esters is 2. The highest BCUT2D eigenvalue weighted by atomic mass is 35.5. The van der Waals surface area contributed by atoms with Gasteiger partial charge < -0.3 is 9.47 Å². The molecule has 0 saturated carbocycles. The smallest absolute Gasteiger partial charge is 0.343 e. The van der Waals surface area contributed by atoms with Crippen molar-refractivity contribution in [3.63, 3.8) is 0 Å². The second kappa shape index (κ2) is 13.7. The summed E-state index contributed by atoms with van der Waals surface area (Å²) in [5.41, 5.74) is 6.33. The molecule has 0 aliphatic rings. The summed E-state index contributed by atoms with van der Waals surface area (Å²) in [6.07, 6.45) is 0. The molecule has 0 spiro atoms. The Hall–Kier alpha value is -5.58. The molecule has 0 unspecified atom stereocenters. The molecule has 0 atom stereocenters. The van der Waals surface area contributed by atoms with Gasteiger partial charge in [-0.1, -0.05) is 82.9 Å². The van der Waals surface area contributed by atoms with Crippen LogP contribution in [0.5, 0.6) is 11.5 Å². The average molecular weight is 762 g/mol. The maximum atomic E-state index is 14.0. The predicted molar refractivity (Wildman–Crippen MR) is 211 cm³/mol. The summed E-state index contributed by atoms with van der Waals surface area (Å²) in [7, 11) is 0. The van der Waals surface area contributed by atoms with Crippen LogP contribution in [0, 0.1) is 13.8 Å². The Morgan fingerprint density at radius 3 is 1.31 bits per heavy atom. The number of hydrogen-bond donors (Lipinski definition) is 0. The van der Waals surface area contributed by atoms with Crippen molar-refractivity contribution in [1.29, 1.82) is 0 Å². The Balaban J connectivity index is 1.25. The monoisotopic (exact) mass is 760 g/mol. The number of fused-ring (bicyclic) bond motifs is 2. The molecule has 2 aromatic heterocycles. The third-order valence-corrected chi connectivity index (χ3v) is 9.35. The molecule has 7 rings (SSSR count). The molecule has 0 saturated heterocycles. The minimum Gasteiger partial charge on any atom is -0.420 e. The Labute approximate surface area is 322 Å². The van der Waals surface area contributed by atoms with Crippen molar-refractivity contribution in [2.75, 3.05) is 0 Å². The molecule has 0 fully saturated rings. The Morgan fingerprint density at radius 1 is 0.537 bits per heavy atom. The third-order valence-electron chi connectivity index (χ3n) is 8.88. The Bertz CT molecular complexity index is 2450. The van der Waals surface area contributed by atoms with Crippen LogP contribution in [0.15, 0.2) is 84.9 Å². The molecule has 0 aliphatic heterocycles. The highest BCUT2D eigenvalue weighted by Crippen LogP contribution is 2.39. The van der Waals surface area contributed by atoms with Gasteiger partial charge in [-0.2, -0.15) is 0 Å². The summed E-state index contributed by atoms with van der Waals surface area (Å²) in [4.78, 5) is 30.9. The van der Waals surface area contributed by atoms with Gasteiger partial charge in [0.2, 0.25) is 0 Å². The molecule has 0 bridgehead atoms. The third kappa shape index (κ3) is 7.31. The molecule has 7 aromatic rings. The van der Waals surface area contributed by atoms with E-state index in [2.05, 4.69) is 20.4 Å². The van der Waals surface area contributed by atoms with Gasteiger partial charge in [0.05, 0.1) is 11.1 Å². The molecule has 12 heteroatoms. The lowest BCUT2D eigenvalue weighted by Crippen LogP contribution is -2.20. The molecule has 0 radical (unpaired) electrons. The minimum absolute atomic E-state index is 0.151. The van der Waals surface area contributed by atoms with Gasteiger partial charge in [0.15, 0.2) is 11.5 Å². The number of aryl methyl sites for hydroxylation is 2. The van der Waals surface area contributed by atoms with Crippen molar-refractivity contribution < 1.29 is 19.1 Å². The Kier molecular flexibility index (Phi) is 9.31. The number of hydrogen-bond acceptors (Lipinski definition) is 8. The lowest BCUT2D eigenvalue weighted by molar-refractivity contribution is 0.0731. The first-order valence-corrected chi connectivity index (χ1v) is 18.1. The normalized spacial score (nSPS) is 12.0. The predicted octanol–water partition coefficient (Wildman–Crippen LogP) is 10.1. The topological polar surface area (TPSA) is 114 Å². The number of carbonyl (C=O) groups excluding carboxylic acids is 2. The fraction of sp³-hybridized carbons (Fsp3) is 0.238. The van der Waals surface area contributed by atoms with Gasteiger partial charge in [0.25, 0.3) is 0 Å². The van der Waals surface area contributed by atoms with Gasteiger partial charge in [-0.05, 0) is 103 Å². The van der Waals surface area contributed by atoms with Crippen LogP contribution in [0.3, 0.4) is 0 Å². The summed E-state index contributed by atoms with van der Waals surface area (Å²) in [6.45, 7) is 16.1. The second-order valence-corrected chi connectivity index (χ2v) is 16.3. The molecular weight excluding hydrogens is 723 g/mol. The number of rotatable bonds is 6. The molecule has 0 amide bonds. The van der Waals surface area contributed by atoms with E-state index < -0.39 is 22.8 Å². The maximum absolute atomic E-state index is 14.0. The number of nitrogens with zero attached hydrogens (tertiary/aromatic N) is 6. The van der Waals surface area contributed by atoms with Crippen LogP contribution in [0.25, 0.3) is 33.4 Å². The Morgan fingerprint density at radius 2 is 0.926 bits per heavy atom. The zero-order valence-electron chi connectivity index (χ0n) is 31.2. The summed E-state index contributed by atoms with van der Waals surface area (Å²) < 4.78 is 12.4. The van der Waals surface area contributed by atoms with Crippen LogP contribution in [-0.4, -0.2) is 41.9 Å². The van der Waals surface area contributed by atoms with E-state index in [1.54, 1.807) is 54.6 Å². The van der Waals surface area contributed by atoms with E-state index in [9.17, 15) is 9.59 Å². The van der Waals surface area contributed by atoms with E-state index in [1.807, 2.05) is 79.7 Å². The molecular formula is C42H38Cl2N6O4. The number of halogens is 2. The molecule has 0 N–H and O–H groups in total. The molecule has 5 aromatic carbocycles. The highest BCUT2D eigenvalue weighted by Gasteiger charge is 2.29.